The van der Waals surface area contributed by atoms with Crippen LogP contribution < -0.4 is 5.32 Å². The highest BCUT2D eigenvalue weighted by atomic mass is 32.2. The molecule has 0 unspecified atom stereocenters. The van der Waals surface area contributed by atoms with E-state index in [1.54, 1.807) is 23.5 Å². The SMILES string of the molecule is CN(C)C1CSC(NC=O)SC1. The van der Waals surface area contributed by atoms with Crippen molar-refractivity contribution in [3.8, 4) is 0 Å². The van der Waals surface area contributed by atoms with Gasteiger partial charge in [0.15, 0.2) is 0 Å². The van der Waals surface area contributed by atoms with Crippen molar-refractivity contribution in [3.63, 3.8) is 0 Å². The summed E-state index contributed by atoms with van der Waals surface area (Å²) < 4.78 is 0.263. The zero-order chi connectivity index (χ0) is 8.97. The van der Waals surface area contributed by atoms with Crippen LogP contribution in [-0.2, 0) is 4.79 Å². The Morgan fingerprint density at radius 3 is 2.42 bits per heavy atom. The molecule has 1 fully saturated rings. The van der Waals surface area contributed by atoms with E-state index in [9.17, 15) is 4.79 Å². The highest BCUT2D eigenvalue weighted by Gasteiger charge is 2.22. The summed E-state index contributed by atoms with van der Waals surface area (Å²) in [5.41, 5.74) is 0. The fraction of sp³-hybridized carbons (Fsp3) is 0.857. The van der Waals surface area contributed by atoms with Crippen LogP contribution in [0.5, 0.6) is 0 Å². The first-order valence-electron chi connectivity index (χ1n) is 3.83. The van der Waals surface area contributed by atoms with Crippen LogP contribution in [0.4, 0.5) is 0 Å². The van der Waals surface area contributed by atoms with Crippen LogP contribution in [0.1, 0.15) is 0 Å². The lowest BCUT2D eigenvalue weighted by Crippen LogP contribution is -2.39. The van der Waals surface area contributed by atoms with E-state index in [1.165, 1.54) is 0 Å². The van der Waals surface area contributed by atoms with Gasteiger partial charge in [0.1, 0.15) is 4.71 Å². The molecule has 1 rings (SSSR count). The van der Waals surface area contributed by atoms with E-state index in [0.717, 1.165) is 17.9 Å². The first-order valence-corrected chi connectivity index (χ1v) is 5.93. The fourth-order valence-corrected chi connectivity index (χ4v) is 3.88. The smallest absolute Gasteiger partial charge is 0.208 e. The van der Waals surface area contributed by atoms with Crippen LogP contribution in [0.2, 0.25) is 0 Å². The maximum absolute atomic E-state index is 10.1. The molecule has 1 amide bonds. The first kappa shape index (κ1) is 10.2. The van der Waals surface area contributed by atoms with Crippen LogP contribution >= 0.6 is 23.5 Å². The summed E-state index contributed by atoms with van der Waals surface area (Å²) in [7, 11) is 4.19. The molecule has 0 atom stereocenters. The molecule has 1 saturated heterocycles. The molecular formula is C7H14N2OS2. The quantitative estimate of drug-likeness (QED) is 0.679. The molecular weight excluding hydrogens is 192 g/mol. The molecule has 1 heterocycles. The van der Waals surface area contributed by atoms with Crippen LogP contribution in [0.25, 0.3) is 0 Å². The van der Waals surface area contributed by atoms with E-state index < -0.39 is 0 Å². The predicted octanol–water partition coefficient (Wildman–Crippen LogP) is 0.426. The van der Waals surface area contributed by atoms with Gasteiger partial charge in [-0.1, -0.05) is 0 Å². The van der Waals surface area contributed by atoms with E-state index in [4.69, 9.17) is 0 Å². The Morgan fingerprint density at radius 2 is 2.00 bits per heavy atom. The topological polar surface area (TPSA) is 32.3 Å². The Hall–Kier alpha value is 0.130. The maximum Gasteiger partial charge on any atom is 0.208 e. The molecule has 0 aromatic rings. The number of carbonyl (C=O) groups is 1. The minimum atomic E-state index is 0.263. The van der Waals surface area contributed by atoms with Gasteiger partial charge < -0.3 is 10.2 Å². The maximum atomic E-state index is 10.1. The Balaban J connectivity index is 2.24. The van der Waals surface area contributed by atoms with Crippen molar-refractivity contribution in [1.29, 1.82) is 0 Å². The van der Waals surface area contributed by atoms with Gasteiger partial charge in [-0.3, -0.25) is 4.79 Å². The van der Waals surface area contributed by atoms with E-state index in [1.807, 2.05) is 0 Å². The largest absolute Gasteiger partial charge is 0.338 e. The third-order valence-electron chi connectivity index (χ3n) is 1.81. The summed E-state index contributed by atoms with van der Waals surface area (Å²) in [4.78, 5) is 12.4. The molecule has 5 heteroatoms. The molecule has 0 aromatic heterocycles. The molecule has 1 aliphatic rings. The average molecular weight is 206 g/mol. The van der Waals surface area contributed by atoms with Gasteiger partial charge in [-0.05, 0) is 14.1 Å². The predicted molar refractivity (Wildman–Crippen MR) is 55.4 cm³/mol. The standard InChI is InChI=1S/C7H14N2OS2/c1-9(2)6-3-11-7(8-5-10)12-4-6/h5-7H,3-4H2,1-2H3,(H,8,10). The summed E-state index contributed by atoms with van der Waals surface area (Å²) >= 11 is 3.61. The third-order valence-corrected chi connectivity index (χ3v) is 4.66. The Kier molecular flexibility index (Phi) is 4.25. The van der Waals surface area contributed by atoms with Crippen molar-refractivity contribution in [2.45, 2.75) is 10.7 Å². The molecule has 1 N–H and O–H groups in total. The fourth-order valence-electron chi connectivity index (χ4n) is 0.943. The van der Waals surface area contributed by atoms with Crippen LogP contribution in [-0.4, -0.2) is 47.7 Å². The van der Waals surface area contributed by atoms with Crippen LogP contribution in [0, 0.1) is 0 Å². The summed E-state index contributed by atoms with van der Waals surface area (Å²) in [6.07, 6.45) is 0.778. The molecule has 12 heavy (non-hydrogen) atoms. The number of hydrogen-bond donors (Lipinski definition) is 1. The molecule has 3 nitrogen and oxygen atoms in total. The lowest BCUT2D eigenvalue weighted by molar-refractivity contribution is -0.109. The van der Waals surface area contributed by atoms with Gasteiger partial charge >= 0.3 is 0 Å². The van der Waals surface area contributed by atoms with E-state index >= 15 is 0 Å². The van der Waals surface area contributed by atoms with Crippen molar-refractivity contribution < 1.29 is 4.79 Å². The zero-order valence-corrected chi connectivity index (χ0v) is 8.95. The zero-order valence-electron chi connectivity index (χ0n) is 7.32. The molecule has 0 radical (unpaired) electrons. The van der Waals surface area contributed by atoms with Gasteiger partial charge in [0, 0.05) is 17.5 Å². The molecule has 0 aliphatic carbocycles. The monoisotopic (exact) mass is 206 g/mol. The minimum Gasteiger partial charge on any atom is -0.338 e. The van der Waals surface area contributed by atoms with Crippen LogP contribution in [0.15, 0.2) is 0 Å². The Bertz CT molecular complexity index is 146. The molecule has 70 valence electrons. The highest BCUT2D eigenvalue weighted by molar-refractivity contribution is 8.17. The number of nitrogens with zero attached hydrogens (tertiary/aromatic N) is 1. The van der Waals surface area contributed by atoms with Gasteiger partial charge in [0.2, 0.25) is 6.41 Å². The second-order valence-electron chi connectivity index (χ2n) is 2.90. The molecule has 0 saturated carbocycles. The lowest BCUT2D eigenvalue weighted by atomic mass is 10.4. The average Bonchev–Trinajstić information content (AvgIpc) is 2.06. The van der Waals surface area contributed by atoms with Gasteiger partial charge in [0.25, 0.3) is 0 Å². The van der Waals surface area contributed by atoms with Gasteiger partial charge in [-0.15, -0.1) is 23.5 Å². The van der Waals surface area contributed by atoms with Crippen molar-refractivity contribution in [3.05, 3.63) is 0 Å². The summed E-state index contributed by atoms with van der Waals surface area (Å²) in [6, 6.07) is 0.643. The number of rotatable bonds is 3. The van der Waals surface area contributed by atoms with Crippen molar-refractivity contribution in [2.24, 2.45) is 0 Å². The summed E-state index contributed by atoms with van der Waals surface area (Å²) in [5.74, 6) is 2.21. The number of nitrogens with one attached hydrogen (secondary N) is 1. The first-order chi connectivity index (χ1) is 5.74. The third kappa shape index (κ3) is 2.88. The molecule has 0 bridgehead atoms. The van der Waals surface area contributed by atoms with Crippen molar-refractivity contribution >= 4 is 29.9 Å². The number of amides is 1. The molecule has 1 aliphatic heterocycles. The van der Waals surface area contributed by atoms with Gasteiger partial charge in [-0.2, -0.15) is 0 Å². The van der Waals surface area contributed by atoms with Gasteiger partial charge in [-0.25, -0.2) is 0 Å². The Morgan fingerprint density at radius 1 is 1.42 bits per heavy atom. The lowest BCUT2D eigenvalue weighted by Gasteiger charge is -2.31. The number of hydrogen-bond acceptors (Lipinski definition) is 4. The molecule has 0 spiro atoms. The van der Waals surface area contributed by atoms with E-state index in [2.05, 4.69) is 24.3 Å². The number of carbonyl (C=O) groups excluding carboxylic acids is 1. The van der Waals surface area contributed by atoms with E-state index in [0.29, 0.717) is 6.04 Å². The number of thioether (sulfide) groups is 2. The Labute approximate surface area is 81.6 Å². The summed E-state index contributed by atoms with van der Waals surface area (Å²) in [5, 5.41) is 2.77. The van der Waals surface area contributed by atoms with Crippen LogP contribution in [0.3, 0.4) is 0 Å². The van der Waals surface area contributed by atoms with Gasteiger partial charge in [0.05, 0.1) is 0 Å². The minimum absolute atomic E-state index is 0.263. The molecule has 0 aromatic carbocycles. The van der Waals surface area contributed by atoms with Crippen molar-refractivity contribution in [1.82, 2.24) is 10.2 Å². The summed E-state index contributed by atoms with van der Waals surface area (Å²) in [6.45, 7) is 0. The van der Waals surface area contributed by atoms with Crippen molar-refractivity contribution in [2.75, 3.05) is 25.6 Å². The second-order valence-corrected chi connectivity index (χ2v) is 5.48. The van der Waals surface area contributed by atoms with E-state index in [-0.39, 0.29) is 4.71 Å². The second kappa shape index (κ2) is 4.99. The normalized spacial score (nSPS) is 30.2. The highest BCUT2D eigenvalue weighted by Crippen LogP contribution is 2.29.